The molecular formula is C11H21N3O. The van der Waals surface area contributed by atoms with Crippen LogP contribution in [-0.2, 0) is 4.79 Å². The van der Waals surface area contributed by atoms with Crippen molar-refractivity contribution < 1.29 is 4.79 Å². The normalized spacial score (nSPS) is 38.0. The maximum Gasteiger partial charge on any atom is 0.220 e. The second-order valence-electron chi connectivity index (χ2n) is 4.93. The quantitative estimate of drug-likeness (QED) is 0.680. The summed E-state index contributed by atoms with van der Waals surface area (Å²) in [4.78, 5) is 13.5. The highest BCUT2D eigenvalue weighted by atomic mass is 16.1. The van der Waals surface area contributed by atoms with Gasteiger partial charge in [-0.15, -0.1) is 0 Å². The molecule has 0 bridgehead atoms. The molecule has 1 amide bonds. The summed E-state index contributed by atoms with van der Waals surface area (Å²) in [6, 6.07) is 1.30. The number of nitrogens with two attached hydrogens (primary N) is 1. The van der Waals surface area contributed by atoms with Crippen molar-refractivity contribution >= 4 is 5.91 Å². The van der Waals surface area contributed by atoms with Gasteiger partial charge in [-0.3, -0.25) is 9.69 Å². The zero-order chi connectivity index (χ0) is 10.8. The van der Waals surface area contributed by atoms with Crippen LogP contribution in [0.5, 0.6) is 0 Å². The van der Waals surface area contributed by atoms with Crippen LogP contribution in [0.2, 0.25) is 0 Å². The fourth-order valence-electron chi connectivity index (χ4n) is 2.63. The summed E-state index contributed by atoms with van der Waals surface area (Å²) in [6.07, 6.45) is 3.87. The number of nitrogens with zero attached hydrogens (tertiary/aromatic N) is 1. The Bertz CT molecular complexity index is 244. The molecule has 2 fully saturated rings. The first-order valence-electron chi connectivity index (χ1n) is 5.94. The van der Waals surface area contributed by atoms with Crippen LogP contribution in [0.3, 0.4) is 0 Å². The minimum absolute atomic E-state index is 0.210. The number of rotatable bonds is 2. The third-order valence-corrected chi connectivity index (χ3v) is 3.59. The van der Waals surface area contributed by atoms with E-state index in [4.69, 9.17) is 5.73 Å². The molecule has 0 radical (unpaired) electrons. The van der Waals surface area contributed by atoms with E-state index in [0.29, 0.717) is 24.5 Å². The Hall–Kier alpha value is -0.610. The third kappa shape index (κ3) is 2.69. The highest BCUT2D eigenvalue weighted by Gasteiger charge is 2.28. The van der Waals surface area contributed by atoms with Gasteiger partial charge < -0.3 is 11.1 Å². The predicted octanol–water partition coefficient (Wildman–Crippen LogP) is 0.0766. The molecular weight excluding hydrogens is 190 g/mol. The SMILES string of the molecule is CC1CC(N)CCN1CC1CCC(=O)N1. The van der Waals surface area contributed by atoms with Crippen LogP contribution in [0.25, 0.3) is 0 Å². The molecule has 3 unspecified atom stereocenters. The second kappa shape index (κ2) is 4.49. The third-order valence-electron chi connectivity index (χ3n) is 3.59. The minimum Gasteiger partial charge on any atom is -0.352 e. The van der Waals surface area contributed by atoms with Gasteiger partial charge in [0.15, 0.2) is 0 Å². The molecule has 0 aromatic carbocycles. The molecule has 2 rings (SSSR count). The average Bonchev–Trinajstić information content (AvgIpc) is 2.56. The molecule has 2 saturated heterocycles. The number of nitrogens with one attached hydrogen (secondary N) is 1. The van der Waals surface area contributed by atoms with Crippen molar-refractivity contribution in [1.82, 2.24) is 10.2 Å². The number of hydrogen-bond donors (Lipinski definition) is 2. The van der Waals surface area contributed by atoms with Crippen LogP contribution in [-0.4, -0.2) is 42.0 Å². The van der Waals surface area contributed by atoms with Crippen LogP contribution in [0.1, 0.15) is 32.6 Å². The summed E-state index contributed by atoms with van der Waals surface area (Å²) in [5.41, 5.74) is 5.92. The molecule has 0 aromatic heterocycles. The molecule has 3 atom stereocenters. The topological polar surface area (TPSA) is 58.4 Å². The zero-order valence-electron chi connectivity index (χ0n) is 9.41. The van der Waals surface area contributed by atoms with E-state index in [-0.39, 0.29) is 5.91 Å². The molecule has 4 nitrogen and oxygen atoms in total. The fraction of sp³-hybridized carbons (Fsp3) is 0.909. The van der Waals surface area contributed by atoms with Gasteiger partial charge in [-0.25, -0.2) is 0 Å². The first-order chi connectivity index (χ1) is 7.15. The maximum absolute atomic E-state index is 11.1. The van der Waals surface area contributed by atoms with Crippen molar-refractivity contribution in [2.24, 2.45) is 5.73 Å². The standard InChI is InChI=1S/C11H21N3O/c1-8-6-9(12)4-5-14(8)7-10-2-3-11(15)13-10/h8-10H,2-7,12H2,1H3,(H,13,15). The molecule has 4 heteroatoms. The number of carbonyl (C=O) groups excluding carboxylic acids is 1. The summed E-state index contributed by atoms with van der Waals surface area (Å²) in [5, 5.41) is 3.02. The van der Waals surface area contributed by atoms with E-state index in [2.05, 4.69) is 17.1 Å². The molecule has 15 heavy (non-hydrogen) atoms. The van der Waals surface area contributed by atoms with Crippen LogP contribution in [0.4, 0.5) is 0 Å². The van der Waals surface area contributed by atoms with Gasteiger partial charge in [0.2, 0.25) is 5.91 Å². The minimum atomic E-state index is 0.210. The van der Waals surface area contributed by atoms with Crippen molar-refractivity contribution in [2.75, 3.05) is 13.1 Å². The number of piperidine rings is 1. The number of likely N-dealkylation sites (tertiary alicyclic amines) is 1. The molecule has 86 valence electrons. The lowest BCUT2D eigenvalue weighted by Crippen LogP contribution is -2.49. The molecule has 2 aliphatic heterocycles. The largest absolute Gasteiger partial charge is 0.352 e. The van der Waals surface area contributed by atoms with E-state index in [1.165, 1.54) is 0 Å². The summed E-state index contributed by atoms with van der Waals surface area (Å²) < 4.78 is 0. The van der Waals surface area contributed by atoms with Gasteiger partial charge in [0.05, 0.1) is 0 Å². The Morgan fingerprint density at radius 1 is 1.53 bits per heavy atom. The predicted molar refractivity (Wildman–Crippen MR) is 59.4 cm³/mol. The lowest BCUT2D eigenvalue weighted by atomic mass is 9.98. The van der Waals surface area contributed by atoms with Crippen LogP contribution in [0.15, 0.2) is 0 Å². The Morgan fingerprint density at radius 3 is 2.93 bits per heavy atom. The van der Waals surface area contributed by atoms with Gasteiger partial charge >= 0.3 is 0 Å². The Morgan fingerprint density at radius 2 is 2.33 bits per heavy atom. The van der Waals surface area contributed by atoms with Gasteiger partial charge in [0, 0.05) is 31.1 Å². The van der Waals surface area contributed by atoms with E-state index < -0.39 is 0 Å². The highest BCUT2D eigenvalue weighted by Crippen LogP contribution is 2.18. The van der Waals surface area contributed by atoms with Crippen molar-refractivity contribution in [1.29, 1.82) is 0 Å². The number of carbonyl (C=O) groups is 1. The first-order valence-corrected chi connectivity index (χ1v) is 5.94. The van der Waals surface area contributed by atoms with E-state index in [9.17, 15) is 4.79 Å². The van der Waals surface area contributed by atoms with E-state index in [0.717, 1.165) is 32.4 Å². The molecule has 2 aliphatic rings. The van der Waals surface area contributed by atoms with Crippen molar-refractivity contribution in [3.63, 3.8) is 0 Å². The van der Waals surface area contributed by atoms with E-state index >= 15 is 0 Å². The summed E-state index contributed by atoms with van der Waals surface area (Å²) in [6.45, 7) is 4.31. The summed E-state index contributed by atoms with van der Waals surface area (Å²) in [5.74, 6) is 0.210. The van der Waals surface area contributed by atoms with E-state index in [1.807, 2.05) is 0 Å². The Kier molecular flexibility index (Phi) is 3.26. The lowest BCUT2D eigenvalue weighted by Gasteiger charge is -2.37. The molecule has 2 heterocycles. The van der Waals surface area contributed by atoms with Crippen LogP contribution >= 0.6 is 0 Å². The Labute approximate surface area is 91.2 Å². The summed E-state index contributed by atoms with van der Waals surface area (Å²) >= 11 is 0. The van der Waals surface area contributed by atoms with Crippen molar-refractivity contribution in [3.8, 4) is 0 Å². The molecule has 3 N–H and O–H groups in total. The molecule has 0 aromatic rings. The second-order valence-corrected chi connectivity index (χ2v) is 4.93. The highest BCUT2D eigenvalue weighted by molar-refractivity contribution is 5.78. The smallest absolute Gasteiger partial charge is 0.220 e. The molecule has 0 spiro atoms. The summed E-state index contributed by atoms with van der Waals surface area (Å²) in [7, 11) is 0. The first kappa shape index (κ1) is 10.9. The molecule has 0 saturated carbocycles. The van der Waals surface area contributed by atoms with E-state index in [1.54, 1.807) is 0 Å². The molecule has 0 aliphatic carbocycles. The monoisotopic (exact) mass is 211 g/mol. The van der Waals surface area contributed by atoms with Crippen LogP contribution in [0, 0.1) is 0 Å². The van der Waals surface area contributed by atoms with Crippen molar-refractivity contribution in [2.45, 2.75) is 50.7 Å². The fourth-order valence-corrected chi connectivity index (χ4v) is 2.63. The van der Waals surface area contributed by atoms with Gasteiger partial charge in [-0.05, 0) is 32.7 Å². The average molecular weight is 211 g/mol. The van der Waals surface area contributed by atoms with Gasteiger partial charge in [0.25, 0.3) is 0 Å². The van der Waals surface area contributed by atoms with Gasteiger partial charge in [-0.1, -0.05) is 0 Å². The Balaban J connectivity index is 1.81. The van der Waals surface area contributed by atoms with Gasteiger partial charge in [-0.2, -0.15) is 0 Å². The lowest BCUT2D eigenvalue weighted by molar-refractivity contribution is -0.119. The number of hydrogen-bond acceptors (Lipinski definition) is 3. The zero-order valence-corrected chi connectivity index (χ0v) is 9.41. The maximum atomic E-state index is 11.1. The van der Waals surface area contributed by atoms with Crippen LogP contribution < -0.4 is 11.1 Å². The number of amides is 1. The van der Waals surface area contributed by atoms with Gasteiger partial charge in [0.1, 0.15) is 0 Å². The van der Waals surface area contributed by atoms with Crippen molar-refractivity contribution in [3.05, 3.63) is 0 Å².